The highest BCUT2D eigenvalue weighted by Crippen LogP contribution is 2.47. The summed E-state index contributed by atoms with van der Waals surface area (Å²) in [4.78, 5) is 38.4. The Morgan fingerprint density at radius 3 is 2.52 bits per heavy atom. The predicted molar refractivity (Wildman–Crippen MR) is 87.2 cm³/mol. The Hall–Kier alpha value is -2.17. The molecule has 2 heterocycles. The zero-order valence-corrected chi connectivity index (χ0v) is 14.0. The van der Waals surface area contributed by atoms with Gasteiger partial charge in [-0.15, -0.1) is 0 Å². The van der Waals surface area contributed by atoms with E-state index < -0.39 is 11.5 Å². The van der Waals surface area contributed by atoms with Gasteiger partial charge in [-0.05, 0) is 37.3 Å². The van der Waals surface area contributed by atoms with Crippen LogP contribution in [0.5, 0.6) is 0 Å². The van der Waals surface area contributed by atoms with Crippen LogP contribution in [0, 0.1) is 0 Å². The number of rotatable bonds is 2. The maximum Gasteiger partial charge on any atom is 0.249 e. The van der Waals surface area contributed by atoms with E-state index in [-0.39, 0.29) is 30.1 Å². The summed E-state index contributed by atoms with van der Waals surface area (Å²) >= 11 is 0. The van der Waals surface area contributed by atoms with Gasteiger partial charge in [0, 0.05) is 6.42 Å². The Balaban J connectivity index is 2.15. The van der Waals surface area contributed by atoms with E-state index in [1.54, 1.807) is 4.90 Å². The van der Waals surface area contributed by atoms with Crippen LogP contribution in [0.4, 0.5) is 5.69 Å². The van der Waals surface area contributed by atoms with Crippen molar-refractivity contribution in [2.24, 2.45) is 0 Å². The highest BCUT2D eigenvalue weighted by Gasteiger charge is 2.49. The van der Waals surface area contributed by atoms with E-state index in [1.807, 2.05) is 32.0 Å². The van der Waals surface area contributed by atoms with Crippen LogP contribution in [0.25, 0.3) is 0 Å². The first-order valence-electron chi connectivity index (χ1n) is 8.06. The first-order chi connectivity index (χ1) is 10.7. The SMILES string of the molecule is CC(C)c1cccc2c1N(C1CCC(=O)NC1=O)C(=O)C2(C)C. The number of piperidine rings is 1. The average molecular weight is 314 g/mol. The summed E-state index contributed by atoms with van der Waals surface area (Å²) in [6.45, 7) is 7.94. The fourth-order valence-electron chi connectivity index (χ4n) is 3.54. The predicted octanol–water partition coefficient (Wildman–Crippen LogP) is 2.24. The monoisotopic (exact) mass is 314 g/mol. The van der Waals surface area contributed by atoms with Gasteiger partial charge >= 0.3 is 0 Å². The molecule has 0 saturated carbocycles. The number of hydrogen-bond donors (Lipinski definition) is 1. The molecule has 0 aliphatic carbocycles. The number of nitrogens with zero attached hydrogens (tertiary/aromatic N) is 1. The minimum absolute atomic E-state index is 0.0740. The summed E-state index contributed by atoms with van der Waals surface area (Å²) in [5.74, 6) is -0.483. The molecule has 0 aromatic heterocycles. The Kier molecular flexibility index (Phi) is 3.54. The molecule has 1 atom stereocenters. The van der Waals surface area contributed by atoms with Crippen molar-refractivity contribution in [3.8, 4) is 0 Å². The van der Waals surface area contributed by atoms with Crippen molar-refractivity contribution in [1.29, 1.82) is 0 Å². The zero-order valence-electron chi connectivity index (χ0n) is 14.0. The summed E-state index contributed by atoms with van der Waals surface area (Å²) < 4.78 is 0. The number of carbonyl (C=O) groups excluding carboxylic acids is 3. The highest BCUT2D eigenvalue weighted by atomic mass is 16.2. The molecule has 1 fully saturated rings. The lowest BCUT2D eigenvalue weighted by Crippen LogP contribution is -2.55. The van der Waals surface area contributed by atoms with Crippen LogP contribution in [-0.4, -0.2) is 23.8 Å². The zero-order chi connectivity index (χ0) is 16.9. The number of hydrogen-bond acceptors (Lipinski definition) is 3. The molecule has 1 unspecified atom stereocenters. The standard InChI is InChI=1S/C18H22N2O3/c1-10(2)11-6-5-7-12-15(11)20(17(23)18(12,3)4)13-8-9-14(21)19-16(13)22/h5-7,10,13H,8-9H2,1-4H3,(H,19,21,22). The maximum atomic E-state index is 13.0. The summed E-state index contributed by atoms with van der Waals surface area (Å²) in [6, 6.07) is 5.33. The topological polar surface area (TPSA) is 66.5 Å². The molecule has 1 aromatic carbocycles. The summed E-state index contributed by atoms with van der Waals surface area (Å²) in [5.41, 5.74) is 2.21. The Labute approximate surface area is 136 Å². The fraction of sp³-hybridized carbons (Fsp3) is 0.500. The third-order valence-electron chi connectivity index (χ3n) is 4.88. The third-order valence-corrected chi connectivity index (χ3v) is 4.88. The fourth-order valence-corrected chi connectivity index (χ4v) is 3.54. The summed E-state index contributed by atoms with van der Waals surface area (Å²) in [7, 11) is 0. The first kappa shape index (κ1) is 15.7. The molecule has 1 aromatic rings. The van der Waals surface area contributed by atoms with Crippen molar-refractivity contribution in [3.63, 3.8) is 0 Å². The van der Waals surface area contributed by atoms with Gasteiger partial charge in [0.2, 0.25) is 17.7 Å². The summed E-state index contributed by atoms with van der Waals surface area (Å²) in [5, 5.41) is 2.36. The van der Waals surface area contributed by atoms with E-state index in [2.05, 4.69) is 19.2 Å². The number of fused-ring (bicyclic) bond motifs is 1. The molecule has 0 radical (unpaired) electrons. The van der Waals surface area contributed by atoms with Crippen LogP contribution in [0.15, 0.2) is 18.2 Å². The van der Waals surface area contributed by atoms with Gasteiger partial charge in [-0.2, -0.15) is 0 Å². The molecule has 3 rings (SSSR count). The Morgan fingerprint density at radius 1 is 1.22 bits per heavy atom. The van der Waals surface area contributed by atoms with Crippen molar-refractivity contribution >= 4 is 23.4 Å². The molecule has 2 aliphatic rings. The van der Waals surface area contributed by atoms with Crippen molar-refractivity contribution < 1.29 is 14.4 Å². The van der Waals surface area contributed by atoms with Crippen LogP contribution >= 0.6 is 0 Å². The number of carbonyl (C=O) groups is 3. The van der Waals surface area contributed by atoms with Crippen LogP contribution in [0.3, 0.4) is 0 Å². The van der Waals surface area contributed by atoms with Crippen molar-refractivity contribution in [2.75, 3.05) is 4.90 Å². The molecule has 1 saturated heterocycles. The van der Waals surface area contributed by atoms with Gasteiger partial charge in [0.15, 0.2) is 0 Å². The largest absolute Gasteiger partial charge is 0.299 e. The van der Waals surface area contributed by atoms with E-state index in [9.17, 15) is 14.4 Å². The molecule has 3 amide bonds. The second kappa shape index (κ2) is 5.18. The van der Waals surface area contributed by atoms with E-state index in [0.29, 0.717) is 6.42 Å². The lowest BCUT2D eigenvalue weighted by Gasteiger charge is -2.32. The molecule has 5 heteroatoms. The molecule has 2 aliphatic heterocycles. The average Bonchev–Trinajstić information content (AvgIpc) is 2.68. The highest BCUT2D eigenvalue weighted by molar-refractivity contribution is 6.14. The van der Waals surface area contributed by atoms with E-state index in [1.165, 1.54) is 0 Å². The van der Waals surface area contributed by atoms with Crippen LogP contribution in [-0.2, 0) is 19.8 Å². The number of para-hydroxylation sites is 1. The van der Waals surface area contributed by atoms with E-state index >= 15 is 0 Å². The third kappa shape index (κ3) is 2.26. The first-order valence-corrected chi connectivity index (χ1v) is 8.06. The van der Waals surface area contributed by atoms with Gasteiger partial charge in [0.25, 0.3) is 0 Å². The molecule has 1 N–H and O–H groups in total. The molecular weight excluding hydrogens is 292 g/mol. The second-order valence-corrected chi connectivity index (χ2v) is 7.17. The van der Waals surface area contributed by atoms with E-state index in [0.717, 1.165) is 16.8 Å². The Morgan fingerprint density at radius 2 is 1.91 bits per heavy atom. The Bertz CT molecular complexity index is 706. The quantitative estimate of drug-likeness (QED) is 0.851. The second-order valence-electron chi connectivity index (χ2n) is 7.17. The lowest BCUT2D eigenvalue weighted by atomic mass is 9.84. The normalized spacial score (nSPS) is 23.3. The van der Waals surface area contributed by atoms with E-state index in [4.69, 9.17) is 0 Å². The van der Waals surface area contributed by atoms with Gasteiger partial charge < -0.3 is 0 Å². The van der Waals surface area contributed by atoms with Crippen LogP contribution in [0.2, 0.25) is 0 Å². The number of amides is 3. The molecule has 122 valence electrons. The smallest absolute Gasteiger partial charge is 0.249 e. The van der Waals surface area contributed by atoms with Crippen LogP contribution in [0.1, 0.15) is 57.6 Å². The van der Waals surface area contributed by atoms with Crippen molar-refractivity contribution in [2.45, 2.75) is 57.9 Å². The number of anilines is 1. The minimum Gasteiger partial charge on any atom is -0.299 e. The summed E-state index contributed by atoms with van der Waals surface area (Å²) in [6.07, 6.45) is 0.637. The number of nitrogens with one attached hydrogen (secondary N) is 1. The van der Waals surface area contributed by atoms with Gasteiger partial charge in [-0.3, -0.25) is 24.6 Å². The molecule has 0 bridgehead atoms. The van der Waals surface area contributed by atoms with Gasteiger partial charge in [0.1, 0.15) is 6.04 Å². The molecule has 23 heavy (non-hydrogen) atoms. The minimum atomic E-state index is -0.665. The van der Waals surface area contributed by atoms with Gasteiger partial charge in [-0.25, -0.2) is 0 Å². The number of imide groups is 1. The molecule has 0 spiro atoms. The van der Waals surface area contributed by atoms with Gasteiger partial charge in [-0.1, -0.05) is 32.0 Å². The van der Waals surface area contributed by atoms with Gasteiger partial charge in [0.05, 0.1) is 11.1 Å². The van der Waals surface area contributed by atoms with Crippen molar-refractivity contribution in [3.05, 3.63) is 29.3 Å². The molecular formula is C18H22N2O3. The van der Waals surface area contributed by atoms with Crippen LogP contribution < -0.4 is 10.2 Å². The van der Waals surface area contributed by atoms with Crippen molar-refractivity contribution in [1.82, 2.24) is 5.32 Å². The number of benzene rings is 1. The maximum absolute atomic E-state index is 13.0. The lowest BCUT2D eigenvalue weighted by molar-refractivity contribution is -0.136. The molecule has 5 nitrogen and oxygen atoms in total.